The summed E-state index contributed by atoms with van der Waals surface area (Å²) in [7, 11) is 0. The van der Waals surface area contributed by atoms with Crippen molar-refractivity contribution in [3.05, 3.63) is 34.9 Å². The number of imide groups is 1. The number of carbonyl (C=O) groups excluding carboxylic acids is 4. The maximum Gasteiger partial charge on any atom is 0.262 e. The molecule has 3 amide bonds. The van der Waals surface area contributed by atoms with Crippen LogP contribution in [0.4, 0.5) is 0 Å². The molecule has 120 valence electrons. The highest BCUT2D eigenvalue weighted by Crippen LogP contribution is 2.31. The van der Waals surface area contributed by atoms with Crippen LogP contribution in [-0.2, 0) is 15.0 Å². The largest absolute Gasteiger partial charge is 0.353 e. The van der Waals surface area contributed by atoms with E-state index in [2.05, 4.69) is 5.32 Å². The van der Waals surface area contributed by atoms with Crippen molar-refractivity contribution in [3.8, 4) is 0 Å². The number of nitrogens with zero attached hydrogens (tertiary/aromatic N) is 1. The van der Waals surface area contributed by atoms with Crippen molar-refractivity contribution < 1.29 is 19.2 Å². The number of hydrogen-bond donors (Lipinski definition) is 1. The number of piperidine rings is 1. The number of fused-ring (bicyclic) bond motifs is 1. The molecule has 1 aromatic rings. The van der Waals surface area contributed by atoms with Gasteiger partial charge >= 0.3 is 0 Å². The van der Waals surface area contributed by atoms with Crippen molar-refractivity contribution in [2.45, 2.75) is 38.6 Å². The van der Waals surface area contributed by atoms with Gasteiger partial charge in [0.25, 0.3) is 11.8 Å². The lowest BCUT2D eigenvalue weighted by atomic mass is 9.85. The normalized spacial score (nSPS) is 21.5. The molecule has 0 bridgehead atoms. The summed E-state index contributed by atoms with van der Waals surface area (Å²) in [6.45, 7) is 6.05. The number of hydrogen-bond acceptors (Lipinski definition) is 4. The SMILES string of the molecule is CC(C)(C)c1ccc2c(c1)C(=O)N([C@H]1CNC(=O)CC1=O)C2=O. The van der Waals surface area contributed by atoms with Crippen LogP contribution in [0.3, 0.4) is 0 Å². The second kappa shape index (κ2) is 5.01. The van der Waals surface area contributed by atoms with E-state index in [4.69, 9.17) is 0 Å². The average molecular weight is 314 g/mol. The summed E-state index contributed by atoms with van der Waals surface area (Å²) in [5.74, 6) is -1.72. The minimum atomic E-state index is -0.918. The molecule has 0 spiro atoms. The Bertz CT molecular complexity index is 745. The zero-order valence-electron chi connectivity index (χ0n) is 13.3. The molecule has 0 aliphatic carbocycles. The summed E-state index contributed by atoms with van der Waals surface area (Å²) >= 11 is 0. The zero-order chi connectivity index (χ0) is 16.9. The molecule has 2 heterocycles. The molecule has 3 rings (SSSR count). The van der Waals surface area contributed by atoms with Crippen LogP contribution in [0.5, 0.6) is 0 Å². The monoisotopic (exact) mass is 314 g/mol. The maximum absolute atomic E-state index is 12.7. The smallest absolute Gasteiger partial charge is 0.262 e. The molecule has 1 N–H and O–H groups in total. The molecule has 6 heteroatoms. The fourth-order valence-corrected chi connectivity index (χ4v) is 2.91. The van der Waals surface area contributed by atoms with Gasteiger partial charge in [-0.15, -0.1) is 0 Å². The number of ketones is 1. The van der Waals surface area contributed by atoms with Gasteiger partial charge in [0.15, 0.2) is 5.78 Å². The molecule has 0 unspecified atom stereocenters. The molecule has 0 saturated carbocycles. The molecular formula is C17H18N2O4. The highest BCUT2D eigenvalue weighted by atomic mass is 16.2. The van der Waals surface area contributed by atoms with E-state index in [1.54, 1.807) is 12.1 Å². The predicted molar refractivity (Wildman–Crippen MR) is 82.1 cm³/mol. The standard InChI is InChI=1S/C17H18N2O4/c1-17(2,3)9-4-5-10-11(6-9)16(23)19(15(10)22)12-8-18-14(21)7-13(12)20/h4-6,12H,7-8H2,1-3H3,(H,18,21)/t12-/m0/s1. The second-order valence-corrected chi connectivity index (χ2v) is 6.95. The van der Waals surface area contributed by atoms with E-state index in [1.807, 2.05) is 26.8 Å². The van der Waals surface area contributed by atoms with Gasteiger partial charge in [0, 0.05) is 6.54 Å². The molecule has 0 radical (unpaired) electrons. The van der Waals surface area contributed by atoms with Crippen molar-refractivity contribution in [2.24, 2.45) is 0 Å². The number of rotatable bonds is 1. The van der Waals surface area contributed by atoms with Gasteiger partial charge < -0.3 is 5.32 Å². The van der Waals surface area contributed by atoms with Crippen LogP contribution in [-0.4, -0.2) is 41.0 Å². The zero-order valence-corrected chi connectivity index (χ0v) is 13.3. The third-order valence-electron chi connectivity index (χ3n) is 4.29. The summed E-state index contributed by atoms with van der Waals surface area (Å²) in [5.41, 5.74) is 1.43. The minimum absolute atomic E-state index is 0.0186. The van der Waals surface area contributed by atoms with Gasteiger partial charge in [0.05, 0.1) is 17.5 Å². The number of benzene rings is 1. The Morgan fingerprint density at radius 1 is 1.04 bits per heavy atom. The van der Waals surface area contributed by atoms with Crippen molar-refractivity contribution >= 4 is 23.5 Å². The van der Waals surface area contributed by atoms with Gasteiger partial charge in [-0.2, -0.15) is 0 Å². The first kappa shape index (κ1) is 15.4. The molecule has 1 saturated heterocycles. The van der Waals surface area contributed by atoms with E-state index in [9.17, 15) is 19.2 Å². The van der Waals surface area contributed by atoms with E-state index in [1.165, 1.54) is 0 Å². The van der Waals surface area contributed by atoms with E-state index in [-0.39, 0.29) is 24.3 Å². The van der Waals surface area contributed by atoms with Gasteiger partial charge in [-0.1, -0.05) is 26.8 Å². The number of amides is 3. The van der Waals surface area contributed by atoms with E-state index >= 15 is 0 Å². The number of nitrogens with one attached hydrogen (secondary N) is 1. The lowest BCUT2D eigenvalue weighted by molar-refractivity contribution is -0.133. The van der Waals surface area contributed by atoms with Crippen molar-refractivity contribution in [2.75, 3.05) is 6.54 Å². The van der Waals surface area contributed by atoms with Crippen molar-refractivity contribution in [1.82, 2.24) is 10.2 Å². The van der Waals surface area contributed by atoms with Gasteiger partial charge in [0.2, 0.25) is 5.91 Å². The average Bonchev–Trinajstić information content (AvgIpc) is 2.71. The fourth-order valence-electron chi connectivity index (χ4n) is 2.91. The Kier molecular flexibility index (Phi) is 3.35. The first-order valence-corrected chi connectivity index (χ1v) is 7.52. The Labute approximate surface area is 133 Å². The first-order chi connectivity index (χ1) is 10.7. The minimum Gasteiger partial charge on any atom is -0.353 e. The van der Waals surface area contributed by atoms with Crippen LogP contribution in [0.1, 0.15) is 53.5 Å². The highest BCUT2D eigenvalue weighted by molar-refractivity contribution is 6.23. The quantitative estimate of drug-likeness (QED) is 0.620. The van der Waals surface area contributed by atoms with Crippen LogP contribution in [0, 0.1) is 0 Å². The van der Waals surface area contributed by atoms with E-state index in [0.717, 1.165) is 10.5 Å². The molecule has 1 atom stereocenters. The fraction of sp³-hybridized carbons (Fsp3) is 0.412. The van der Waals surface area contributed by atoms with E-state index < -0.39 is 23.6 Å². The molecule has 6 nitrogen and oxygen atoms in total. The van der Waals surface area contributed by atoms with E-state index in [0.29, 0.717) is 11.1 Å². The Hall–Kier alpha value is -2.50. The van der Waals surface area contributed by atoms with Crippen LogP contribution < -0.4 is 5.32 Å². The lowest BCUT2D eigenvalue weighted by Crippen LogP contribution is -2.55. The topological polar surface area (TPSA) is 83.6 Å². The number of Topliss-reactive ketones (excluding diaryl/α,β-unsaturated/α-hetero) is 1. The Morgan fingerprint density at radius 3 is 2.30 bits per heavy atom. The first-order valence-electron chi connectivity index (χ1n) is 7.52. The Morgan fingerprint density at radius 2 is 1.70 bits per heavy atom. The molecule has 0 aromatic heterocycles. The molecule has 2 aliphatic heterocycles. The van der Waals surface area contributed by atoms with Crippen LogP contribution in [0.2, 0.25) is 0 Å². The lowest BCUT2D eigenvalue weighted by Gasteiger charge is -2.28. The van der Waals surface area contributed by atoms with Crippen LogP contribution in [0.15, 0.2) is 18.2 Å². The molecule has 1 fully saturated rings. The maximum atomic E-state index is 12.7. The summed E-state index contributed by atoms with van der Waals surface area (Å²) in [6.07, 6.45) is -0.300. The highest BCUT2D eigenvalue weighted by Gasteiger charge is 2.44. The summed E-state index contributed by atoms with van der Waals surface area (Å²) in [5, 5.41) is 2.54. The van der Waals surface area contributed by atoms with Crippen molar-refractivity contribution in [1.29, 1.82) is 0 Å². The summed E-state index contributed by atoms with van der Waals surface area (Å²) < 4.78 is 0. The van der Waals surface area contributed by atoms with Crippen LogP contribution >= 0.6 is 0 Å². The summed E-state index contributed by atoms with van der Waals surface area (Å²) in [4.78, 5) is 49.5. The predicted octanol–water partition coefficient (Wildman–Crippen LogP) is 1.04. The second-order valence-electron chi connectivity index (χ2n) is 6.95. The third kappa shape index (κ3) is 2.44. The Balaban J connectivity index is 1.98. The molecule has 2 aliphatic rings. The third-order valence-corrected chi connectivity index (χ3v) is 4.29. The van der Waals surface area contributed by atoms with Gasteiger partial charge in [-0.3, -0.25) is 24.1 Å². The molecular weight excluding hydrogens is 296 g/mol. The molecule has 23 heavy (non-hydrogen) atoms. The number of carbonyl (C=O) groups is 4. The van der Waals surface area contributed by atoms with Gasteiger partial charge in [-0.25, -0.2) is 0 Å². The molecule has 1 aromatic carbocycles. The van der Waals surface area contributed by atoms with Crippen molar-refractivity contribution in [3.63, 3.8) is 0 Å². The van der Waals surface area contributed by atoms with Crippen LogP contribution in [0.25, 0.3) is 0 Å². The summed E-state index contributed by atoms with van der Waals surface area (Å²) in [6, 6.07) is 4.28. The van der Waals surface area contributed by atoms with Gasteiger partial charge in [-0.05, 0) is 23.1 Å². The van der Waals surface area contributed by atoms with Gasteiger partial charge in [0.1, 0.15) is 6.04 Å².